The topological polar surface area (TPSA) is 181 Å². The van der Waals surface area contributed by atoms with E-state index in [4.69, 9.17) is 28.4 Å². The molecule has 5 aromatic rings. The third kappa shape index (κ3) is 10.7. The van der Waals surface area contributed by atoms with Crippen LogP contribution >= 0.6 is 0 Å². The molecule has 2 heterocycles. The van der Waals surface area contributed by atoms with E-state index in [-0.39, 0.29) is 31.0 Å². The van der Waals surface area contributed by atoms with Crippen molar-refractivity contribution in [3.63, 3.8) is 0 Å². The van der Waals surface area contributed by atoms with Gasteiger partial charge < -0.3 is 33.5 Å². The Labute approximate surface area is 373 Å². The second-order valence-corrected chi connectivity index (χ2v) is 15.6. The molecule has 1 unspecified atom stereocenters. The minimum absolute atomic E-state index is 0.0222. The Balaban J connectivity index is 1.19. The number of aromatic hydroxyl groups is 1. The maximum Gasteiger partial charge on any atom is 0.415 e. The molecule has 0 aliphatic carbocycles. The van der Waals surface area contributed by atoms with E-state index in [0.29, 0.717) is 33.5 Å². The molecule has 2 aliphatic rings. The summed E-state index contributed by atoms with van der Waals surface area (Å²) >= 11 is 0. The average molecular weight is 888 g/mol. The fraction of sp³-hybridized carbons (Fsp3) is 0.280. The second-order valence-electron chi connectivity index (χ2n) is 15.6. The first-order valence-electron chi connectivity index (χ1n) is 20.8. The van der Waals surface area contributed by atoms with Gasteiger partial charge in [0.05, 0.1) is 0 Å². The molecule has 0 spiro atoms. The quantitative estimate of drug-likeness (QED) is 0.0639. The zero-order chi connectivity index (χ0) is 46.4. The molecular formula is C50H46FNO13. The van der Waals surface area contributed by atoms with Gasteiger partial charge in [0.1, 0.15) is 42.5 Å². The minimum Gasteiger partial charge on any atom is -0.508 e. The van der Waals surface area contributed by atoms with E-state index < -0.39 is 78.5 Å². The Morgan fingerprint density at radius 2 is 1.22 bits per heavy atom. The second kappa shape index (κ2) is 20.0. The lowest BCUT2D eigenvalue weighted by Gasteiger charge is -2.44. The van der Waals surface area contributed by atoms with Crippen molar-refractivity contribution < 1.29 is 66.7 Å². The van der Waals surface area contributed by atoms with Crippen molar-refractivity contribution >= 4 is 41.4 Å². The Bertz CT molecular complexity index is 2550. The molecule has 0 aromatic heterocycles. The van der Waals surface area contributed by atoms with E-state index in [2.05, 4.69) is 0 Å². The predicted octanol–water partition coefficient (Wildman–Crippen LogP) is 8.39. The van der Waals surface area contributed by atoms with Crippen LogP contribution in [0.25, 0.3) is 22.3 Å². The zero-order valence-corrected chi connectivity index (χ0v) is 35.9. The van der Waals surface area contributed by atoms with Crippen molar-refractivity contribution in [1.29, 1.82) is 0 Å². The summed E-state index contributed by atoms with van der Waals surface area (Å²) in [6.45, 7) is 4.26. The molecule has 2 saturated heterocycles. The molecule has 15 heteroatoms. The molecule has 336 valence electrons. The molecule has 65 heavy (non-hydrogen) atoms. The number of esters is 4. The number of halogens is 1. The molecule has 7 rings (SSSR count). The van der Waals surface area contributed by atoms with E-state index >= 15 is 0 Å². The van der Waals surface area contributed by atoms with Gasteiger partial charge in [-0.1, -0.05) is 78.9 Å². The lowest BCUT2D eigenvalue weighted by atomic mass is 9.89. The number of Topliss-reactive ketones (excluding diaryl/α,β-unsaturated/α-hetero) is 1. The molecule has 2 fully saturated rings. The van der Waals surface area contributed by atoms with Crippen LogP contribution in [0.2, 0.25) is 0 Å². The maximum absolute atomic E-state index is 13.7. The van der Waals surface area contributed by atoms with Crippen molar-refractivity contribution in [3.8, 4) is 28.0 Å². The van der Waals surface area contributed by atoms with Gasteiger partial charge in [-0.3, -0.25) is 28.9 Å². The first-order valence-corrected chi connectivity index (χ1v) is 20.8. The minimum atomic E-state index is -1.35. The normalized spacial score (nSPS) is 21.5. The smallest absolute Gasteiger partial charge is 0.415 e. The summed E-state index contributed by atoms with van der Waals surface area (Å²) in [7, 11) is 0. The molecular weight excluding hydrogens is 842 g/mol. The van der Waals surface area contributed by atoms with Crippen LogP contribution in [-0.4, -0.2) is 78.0 Å². The van der Waals surface area contributed by atoms with Crippen LogP contribution in [-0.2, 0) is 47.6 Å². The summed E-state index contributed by atoms with van der Waals surface area (Å²) in [4.78, 5) is 77.1. The van der Waals surface area contributed by atoms with Gasteiger partial charge in [0.25, 0.3) is 0 Å². The number of carbonyl (C=O) groups excluding carboxylic acids is 6. The number of cyclic esters (lactones) is 1. The van der Waals surface area contributed by atoms with Crippen LogP contribution in [0.5, 0.6) is 5.75 Å². The van der Waals surface area contributed by atoms with E-state index in [0.717, 1.165) is 31.9 Å². The first-order chi connectivity index (χ1) is 31.2. The molecule has 1 amide bonds. The molecule has 2 aliphatic heterocycles. The van der Waals surface area contributed by atoms with Gasteiger partial charge in [-0.25, -0.2) is 9.18 Å². The van der Waals surface area contributed by atoms with Crippen molar-refractivity contribution in [2.24, 2.45) is 0 Å². The van der Waals surface area contributed by atoms with Gasteiger partial charge in [0, 0.05) is 50.9 Å². The fourth-order valence-corrected chi connectivity index (χ4v) is 8.19. The van der Waals surface area contributed by atoms with Crippen LogP contribution in [0.3, 0.4) is 0 Å². The first kappa shape index (κ1) is 45.6. The highest BCUT2D eigenvalue weighted by atomic mass is 19.1. The van der Waals surface area contributed by atoms with Gasteiger partial charge in [-0.15, -0.1) is 0 Å². The number of phenolic OH excluding ortho intramolecular Hbond substituents is 1. The Morgan fingerprint density at radius 3 is 1.83 bits per heavy atom. The Kier molecular flexibility index (Phi) is 14.0. The lowest BCUT2D eigenvalue weighted by Crippen LogP contribution is -2.59. The van der Waals surface area contributed by atoms with Crippen molar-refractivity contribution in [2.45, 2.75) is 83.2 Å². The monoisotopic (exact) mass is 887 g/mol. The van der Waals surface area contributed by atoms with Crippen LogP contribution in [0, 0.1) is 5.82 Å². The van der Waals surface area contributed by atoms with Gasteiger partial charge in [-0.2, -0.15) is 0 Å². The molecule has 0 saturated carbocycles. The molecule has 7 atom stereocenters. The molecule has 0 radical (unpaired) electrons. The van der Waals surface area contributed by atoms with Crippen molar-refractivity contribution in [1.82, 2.24) is 0 Å². The molecule has 1 N–H and O–H groups in total. The van der Waals surface area contributed by atoms with E-state index in [9.17, 15) is 38.3 Å². The lowest BCUT2D eigenvalue weighted by molar-refractivity contribution is -0.254. The van der Waals surface area contributed by atoms with Crippen LogP contribution in [0.1, 0.15) is 74.2 Å². The standard InChI is InChI=1S/C50H46FNO13/c1-28(53)60-27-44-47(61-29(2)54)49(63-31(4)56)48(62-30(3)55)46(64-44)36-12-10-34(11-13-36)37-18-23-40(42(58)26-37)45-43(25-24-41(57)35-14-19-38(51)20-15-35)65-50(59)52(45)39-21-16-33(17-22-39)32-8-6-5-7-9-32/h5-23,26,43-49,58H,24-25,27H2,1-4H3/t43-,44-,45-,46?,47-,48+,49+/m1/s1. The van der Waals surface area contributed by atoms with Crippen LogP contribution in [0.15, 0.2) is 121 Å². The summed E-state index contributed by atoms with van der Waals surface area (Å²) < 4.78 is 47.8. The predicted molar refractivity (Wildman–Crippen MR) is 232 cm³/mol. The summed E-state index contributed by atoms with van der Waals surface area (Å²) in [6.07, 6.45) is -7.62. The highest BCUT2D eigenvalue weighted by molar-refractivity contribution is 5.96. The fourth-order valence-electron chi connectivity index (χ4n) is 8.19. The van der Waals surface area contributed by atoms with Crippen molar-refractivity contribution in [3.05, 3.63) is 144 Å². The van der Waals surface area contributed by atoms with Gasteiger partial charge in [-0.05, 0) is 76.7 Å². The van der Waals surface area contributed by atoms with E-state index in [1.165, 1.54) is 36.1 Å². The highest BCUT2D eigenvalue weighted by Crippen LogP contribution is 2.44. The highest BCUT2D eigenvalue weighted by Gasteiger charge is 2.52. The number of hydrogen-bond donors (Lipinski definition) is 1. The maximum atomic E-state index is 13.7. The van der Waals surface area contributed by atoms with Gasteiger partial charge in [0.15, 0.2) is 24.1 Å². The van der Waals surface area contributed by atoms with Gasteiger partial charge >= 0.3 is 30.0 Å². The van der Waals surface area contributed by atoms with Crippen LogP contribution in [0.4, 0.5) is 14.9 Å². The number of ether oxygens (including phenoxy) is 6. The summed E-state index contributed by atoms with van der Waals surface area (Å²) in [5.74, 6) is -3.76. The third-order valence-electron chi connectivity index (χ3n) is 11.1. The largest absolute Gasteiger partial charge is 0.508 e. The summed E-state index contributed by atoms with van der Waals surface area (Å²) in [5, 5.41) is 11.8. The Morgan fingerprint density at radius 1 is 0.646 bits per heavy atom. The van der Waals surface area contributed by atoms with Crippen LogP contribution < -0.4 is 4.90 Å². The van der Waals surface area contributed by atoms with E-state index in [1.54, 1.807) is 54.6 Å². The zero-order valence-electron chi connectivity index (χ0n) is 35.9. The number of hydrogen-bond acceptors (Lipinski definition) is 13. The Hall–Kier alpha value is -7.39. The van der Waals surface area contributed by atoms with E-state index in [1.807, 2.05) is 42.5 Å². The summed E-state index contributed by atoms with van der Waals surface area (Å²) in [6, 6.07) is 33.2. The number of benzene rings is 5. The number of amides is 1. The number of anilines is 1. The SMILES string of the molecule is CC(=O)OC[C@H]1OC(c2ccc(-c3ccc([C@@H]4[C@@H](CCC(=O)c5ccc(F)cc5)OC(=O)N4c4ccc(-c5ccccc5)cc4)c(O)c3)cc2)[C@H](OC(C)=O)[C@@H](OC(C)=O)[C@@H]1OC(C)=O. The average Bonchev–Trinajstić information content (AvgIpc) is 3.61. The number of carbonyl (C=O) groups is 6. The molecule has 14 nitrogen and oxygen atoms in total. The number of nitrogens with zero attached hydrogens (tertiary/aromatic N) is 1. The summed E-state index contributed by atoms with van der Waals surface area (Å²) in [5.41, 5.74) is 4.76. The number of rotatable bonds is 14. The molecule has 5 aromatic carbocycles. The van der Waals surface area contributed by atoms with Gasteiger partial charge in [0.2, 0.25) is 0 Å². The number of ketones is 1. The molecule has 0 bridgehead atoms. The van der Waals surface area contributed by atoms with Crippen molar-refractivity contribution in [2.75, 3.05) is 11.5 Å². The number of phenols is 1. The third-order valence-corrected chi connectivity index (χ3v) is 11.1.